The van der Waals surface area contributed by atoms with E-state index in [9.17, 15) is 30.4 Å². The largest absolute Gasteiger partial charge is 0.286 e. The molecular formula is C6H9F5O3S. The summed E-state index contributed by atoms with van der Waals surface area (Å²) in [6, 6.07) is 0. The van der Waals surface area contributed by atoms with Crippen LogP contribution in [0, 0.1) is 0 Å². The zero-order valence-corrected chi connectivity index (χ0v) is 8.32. The van der Waals surface area contributed by atoms with Crippen LogP contribution >= 0.6 is 0 Å². The lowest BCUT2D eigenvalue weighted by Crippen LogP contribution is -2.28. The van der Waals surface area contributed by atoms with Crippen molar-refractivity contribution < 1.29 is 34.9 Å². The van der Waals surface area contributed by atoms with Crippen molar-refractivity contribution in [2.45, 2.75) is 30.9 Å². The highest BCUT2D eigenvalue weighted by Crippen LogP contribution is 2.40. The number of hydrogen-bond acceptors (Lipinski definition) is 2. The summed E-state index contributed by atoms with van der Waals surface area (Å²) >= 11 is 0. The van der Waals surface area contributed by atoms with Gasteiger partial charge in [0.05, 0.1) is 6.26 Å². The molecule has 1 rings (SSSR count). The Labute approximate surface area is 83.0 Å². The molecule has 0 aromatic carbocycles. The maximum Gasteiger partial charge on any atom is 0.284 e. The Kier molecular flexibility index (Phi) is 4.47. The predicted molar refractivity (Wildman–Crippen MR) is 41.7 cm³/mol. The summed E-state index contributed by atoms with van der Waals surface area (Å²) in [6.45, 7) is 0. The molecule has 0 spiro atoms. The first-order chi connectivity index (χ1) is 6.45. The van der Waals surface area contributed by atoms with Gasteiger partial charge in [-0.25, -0.2) is 22.0 Å². The van der Waals surface area contributed by atoms with Crippen molar-refractivity contribution in [1.29, 1.82) is 0 Å². The van der Waals surface area contributed by atoms with Gasteiger partial charge < -0.3 is 0 Å². The van der Waals surface area contributed by atoms with E-state index in [4.69, 9.17) is 4.55 Å². The van der Waals surface area contributed by atoms with Crippen molar-refractivity contribution in [2.75, 3.05) is 6.26 Å². The van der Waals surface area contributed by atoms with Crippen LogP contribution < -0.4 is 0 Å². The van der Waals surface area contributed by atoms with E-state index in [1.165, 1.54) is 0 Å². The van der Waals surface area contributed by atoms with Gasteiger partial charge in [-0.05, 0) is 0 Å². The van der Waals surface area contributed by atoms with Crippen LogP contribution in [-0.4, -0.2) is 43.7 Å². The van der Waals surface area contributed by atoms with Crippen LogP contribution in [0.25, 0.3) is 0 Å². The lowest BCUT2D eigenvalue weighted by molar-refractivity contribution is -0.0635. The minimum Gasteiger partial charge on any atom is -0.286 e. The Hall–Kier alpha value is -0.440. The first-order valence-corrected chi connectivity index (χ1v) is 5.52. The maximum absolute atomic E-state index is 12.0. The maximum atomic E-state index is 12.0. The van der Waals surface area contributed by atoms with Gasteiger partial charge in [0.2, 0.25) is 0 Å². The summed E-state index contributed by atoms with van der Waals surface area (Å²) in [5.41, 5.74) is 0. The predicted octanol–water partition coefficient (Wildman–Crippen LogP) is 1.54. The second-order valence-corrected chi connectivity index (χ2v) is 4.53. The van der Waals surface area contributed by atoms with Crippen molar-refractivity contribution in [2.24, 2.45) is 0 Å². The van der Waals surface area contributed by atoms with E-state index in [-0.39, 0.29) is 0 Å². The van der Waals surface area contributed by atoms with Crippen LogP contribution in [0.3, 0.4) is 0 Å². The van der Waals surface area contributed by atoms with Crippen LogP contribution in [0.15, 0.2) is 0 Å². The van der Waals surface area contributed by atoms with Gasteiger partial charge in [-0.2, -0.15) is 8.42 Å². The van der Waals surface area contributed by atoms with E-state index in [0.717, 1.165) is 0 Å². The van der Waals surface area contributed by atoms with E-state index >= 15 is 0 Å². The topological polar surface area (TPSA) is 54.4 Å². The van der Waals surface area contributed by atoms with Crippen LogP contribution in [0.4, 0.5) is 22.0 Å². The van der Waals surface area contributed by atoms with Gasteiger partial charge in [-0.1, -0.05) is 0 Å². The van der Waals surface area contributed by atoms with Gasteiger partial charge >= 0.3 is 0 Å². The summed E-state index contributed by atoms with van der Waals surface area (Å²) in [5.74, 6) is -3.82. The molecule has 15 heavy (non-hydrogen) atoms. The first kappa shape index (κ1) is 14.6. The molecule has 1 N–H and O–H groups in total. The average Bonchev–Trinajstić information content (AvgIpc) is 2.11. The van der Waals surface area contributed by atoms with E-state index in [1.54, 1.807) is 0 Å². The monoisotopic (exact) mass is 256 g/mol. The molecule has 0 aliphatic heterocycles. The summed E-state index contributed by atoms with van der Waals surface area (Å²) in [7, 11) is -3.67. The molecule has 0 heterocycles. The molecule has 3 atom stereocenters. The Balaban J connectivity index is 0.000000336. The molecule has 9 heteroatoms. The molecule has 0 radical (unpaired) electrons. The normalized spacial score (nSPS) is 34.5. The molecule has 0 aromatic rings. The first-order valence-electron chi connectivity index (χ1n) is 3.67. The molecule has 1 aliphatic carbocycles. The van der Waals surface area contributed by atoms with Crippen LogP contribution in [0.2, 0.25) is 0 Å². The number of hydrogen-bond donors (Lipinski definition) is 1. The Morgan fingerprint density at radius 3 is 1.67 bits per heavy atom. The van der Waals surface area contributed by atoms with Gasteiger partial charge in [0, 0.05) is 6.42 Å². The SMILES string of the molecule is CS(=O)(=O)O.FC1CC(F)(F)C(F)C1F. The van der Waals surface area contributed by atoms with Gasteiger partial charge in [0.15, 0.2) is 12.3 Å². The second-order valence-electron chi connectivity index (χ2n) is 3.06. The summed E-state index contributed by atoms with van der Waals surface area (Å²) in [4.78, 5) is 0. The average molecular weight is 256 g/mol. The third-order valence-corrected chi connectivity index (χ3v) is 1.50. The van der Waals surface area contributed by atoms with Gasteiger partial charge in [-0.3, -0.25) is 4.55 Å². The van der Waals surface area contributed by atoms with Crippen molar-refractivity contribution in [3.8, 4) is 0 Å². The fourth-order valence-corrected chi connectivity index (χ4v) is 0.901. The standard InChI is InChI=1S/C5H5F5.CH4O3S/c6-2-1-5(9,10)4(8)3(2)7;1-5(2,3)4/h2-4H,1H2;1H3,(H,2,3,4). The quantitative estimate of drug-likeness (QED) is 0.528. The second kappa shape index (κ2) is 4.60. The smallest absolute Gasteiger partial charge is 0.284 e. The molecule has 0 aromatic heterocycles. The Bertz CT molecular complexity index is 296. The third-order valence-electron chi connectivity index (χ3n) is 1.50. The van der Waals surface area contributed by atoms with Crippen LogP contribution in [0.1, 0.15) is 6.42 Å². The molecule has 0 saturated heterocycles. The van der Waals surface area contributed by atoms with E-state index in [2.05, 4.69) is 0 Å². The molecular weight excluding hydrogens is 247 g/mol. The molecule has 0 bridgehead atoms. The summed E-state index contributed by atoms with van der Waals surface area (Å²) in [5, 5.41) is 0. The zero-order valence-electron chi connectivity index (χ0n) is 7.50. The summed E-state index contributed by atoms with van der Waals surface area (Å²) in [6.07, 6.45) is -8.61. The highest BCUT2D eigenvalue weighted by Gasteiger charge is 2.57. The van der Waals surface area contributed by atoms with Crippen molar-refractivity contribution in [3.05, 3.63) is 0 Å². The van der Waals surface area contributed by atoms with Gasteiger partial charge in [0.25, 0.3) is 16.0 Å². The number of rotatable bonds is 0. The molecule has 3 unspecified atom stereocenters. The fourth-order valence-electron chi connectivity index (χ4n) is 0.901. The third kappa shape index (κ3) is 5.26. The van der Waals surface area contributed by atoms with Crippen LogP contribution in [-0.2, 0) is 10.1 Å². The highest BCUT2D eigenvalue weighted by molar-refractivity contribution is 7.85. The minimum atomic E-state index is -3.82. The van der Waals surface area contributed by atoms with Gasteiger partial charge in [-0.15, -0.1) is 0 Å². The van der Waals surface area contributed by atoms with Crippen molar-refractivity contribution in [1.82, 2.24) is 0 Å². The van der Waals surface area contributed by atoms with E-state index in [0.29, 0.717) is 6.26 Å². The lowest BCUT2D eigenvalue weighted by atomic mass is 10.3. The molecule has 92 valence electrons. The lowest BCUT2D eigenvalue weighted by Gasteiger charge is -2.09. The molecule has 3 nitrogen and oxygen atoms in total. The highest BCUT2D eigenvalue weighted by atomic mass is 32.2. The Morgan fingerprint density at radius 2 is 1.60 bits per heavy atom. The molecule has 1 fully saturated rings. The molecule has 1 aliphatic rings. The molecule has 0 amide bonds. The van der Waals surface area contributed by atoms with Crippen molar-refractivity contribution >= 4 is 10.1 Å². The minimum absolute atomic E-state index is 0.715. The summed E-state index contributed by atoms with van der Waals surface area (Å²) < 4.78 is 85.8. The number of halogens is 5. The van der Waals surface area contributed by atoms with Crippen molar-refractivity contribution in [3.63, 3.8) is 0 Å². The fraction of sp³-hybridized carbons (Fsp3) is 1.00. The van der Waals surface area contributed by atoms with E-state index in [1.807, 2.05) is 0 Å². The zero-order chi connectivity index (χ0) is 12.4. The molecule has 1 saturated carbocycles. The number of alkyl halides is 5. The Morgan fingerprint density at radius 1 is 1.27 bits per heavy atom. The van der Waals surface area contributed by atoms with E-state index < -0.39 is 41.0 Å². The van der Waals surface area contributed by atoms with Crippen LogP contribution in [0.5, 0.6) is 0 Å². The van der Waals surface area contributed by atoms with Gasteiger partial charge in [0.1, 0.15) is 6.17 Å².